The number of benzene rings is 2. The highest BCUT2D eigenvalue weighted by molar-refractivity contribution is 9.10. The summed E-state index contributed by atoms with van der Waals surface area (Å²) < 4.78 is 6.17. The van der Waals surface area contributed by atoms with Crippen LogP contribution < -0.4 is 10.1 Å². The van der Waals surface area contributed by atoms with E-state index in [9.17, 15) is 0 Å². The molecule has 2 nitrogen and oxygen atoms in total. The van der Waals surface area contributed by atoms with Crippen LogP contribution in [0.15, 0.2) is 40.9 Å². The van der Waals surface area contributed by atoms with Crippen molar-refractivity contribution in [1.29, 1.82) is 0 Å². The summed E-state index contributed by atoms with van der Waals surface area (Å²) in [4.78, 5) is 0. The summed E-state index contributed by atoms with van der Waals surface area (Å²) >= 11 is 15.4. The topological polar surface area (TPSA) is 21.3 Å². The summed E-state index contributed by atoms with van der Waals surface area (Å²) in [7, 11) is 1.62. The maximum absolute atomic E-state index is 6.04. The maximum Gasteiger partial charge on any atom is 0.156 e. The molecule has 0 radical (unpaired) electrons. The molecule has 2 aromatic carbocycles. The SMILES string of the molecule is COc1c(Br)cc(Cl)cc1NCc1cccc(Cl)c1. The third-order valence-corrected chi connectivity index (χ3v) is 3.63. The quantitative estimate of drug-likeness (QED) is 0.790. The molecule has 100 valence electrons. The van der Waals surface area contributed by atoms with Crippen molar-refractivity contribution in [3.8, 4) is 5.75 Å². The van der Waals surface area contributed by atoms with Crippen molar-refractivity contribution in [3.63, 3.8) is 0 Å². The molecule has 0 aliphatic carbocycles. The molecule has 5 heteroatoms. The molecular formula is C14H12BrCl2NO. The molecule has 0 bridgehead atoms. The van der Waals surface area contributed by atoms with E-state index in [1.807, 2.05) is 30.3 Å². The van der Waals surface area contributed by atoms with E-state index in [0.717, 1.165) is 26.5 Å². The van der Waals surface area contributed by atoms with Crippen molar-refractivity contribution in [2.24, 2.45) is 0 Å². The highest BCUT2D eigenvalue weighted by atomic mass is 79.9. The fraction of sp³-hybridized carbons (Fsp3) is 0.143. The number of halogens is 3. The minimum atomic E-state index is 0.640. The summed E-state index contributed by atoms with van der Waals surface area (Å²) in [5.74, 6) is 0.728. The molecule has 0 aliphatic heterocycles. The fourth-order valence-corrected chi connectivity index (χ4v) is 2.93. The van der Waals surface area contributed by atoms with Gasteiger partial charge in [0.05, 0.1) is 17.3 Å². The number of nitrogens with one attached hydrogen (secondary N) is 1. The van der Waals surface area contributed by atoms with Gasteiger partial charge in [-0.1, -0.05) is 35.3 Å². The van der Waals surface area contributed by atoms with Crippen LogP contribution in [0.5, 0.6) is 5.75 Å². The lowest BCUT2D eigenvalue weighted by atomic mass is 10.2. The van der Waals surface area contributed by atoms with Crippen molar-refractivity contribution in [2.75, 3.05) is 12.4 Å². The molecule has 0 atom stereocenters. The zero-order valence-corrected chi connectivity index (χ0v) is 13.3. The molecule has 0 aromatic heterocycles. The van der Waals surface area contributed by atoms with Crippen molar-refractivity contribution in [1.82, 2.24) is 0 Å². The first-order valence-corrected chi connectivity index (χ1v) is 7.16. The van der Waals surface area contributed by atoms with Crippen LogP contribution in [0.2, 0.25) is 10.0 Å². The van der Waals surface area contributed by atoms with Gasteiger partial charge in [-0.25, -0.2) is 0 Å². The van der Waals surface area contributed by atoms with Crippen LogP contribution in [0.4, 0.5) is 5.69 Å². The molecule has 1 N–H and O–H groups in total. The molecule has 2 rings (SSSR count). The lowest BCUT2D eigenvalue weighted by molar-refractivity contribution is 0.414. The Morgan fingerprint density at radius 2 is 1.95 bits per heavy atom. The third-order valence-electron chi connectivity index (χ3n) is 2.58. The van der Waals surface area contributed by atoms with E-state index >= 15 is 0 Å². The fourth-order valence-electron chi connectivity index (χ4n) is 1.74. The Bertz CT molecular complexity index is 590. The smallest absolute Gasteiger partial charge is 0.156 e. The zero-order chi connectivity index (χ0) is 13.8. The molecule has 0 saturated heterocycles. The molecule has 0 fully saturated rings. The average Bonchev–Trinajstić information content (AvgIpc) is 2.36. The van der Waals surface area contributed by atoms with Crippen LogP contribution in [0.1, 0.15) is 5.56 Å². The standard InChI is InChI=1S/C14H12BrCl2NO/c1-19-14-12(15)6-11(17)7-13(14)18-8-9-3-2-4-10(16)5-9/h2-7,18H,8H2,1H3. The molecule has 0 amide bonds. The van der Waals surface area contributed by atoms with E-state index in [1.165, 1.54) is 0 Å². The minimum Gasteiger partial charge on any atom is -0.493 e. The highest BCUT2D eigenvalue weighted by Crippen LogP contribution is 2.36. The van der Waals surface area contributed by atoms with Gasteiger partial charge in [0.1, 0.15) is 0 Å². The van der Waals surface area contributed by atoms with Gasteiger partial charge in [0.25, 0.3) is 0 Å². The predicted octanol–water partition coefficient (Wildman–Crippen LogP) is 5.38. The first kappa shape index (κ1) is 14.5. The Kier molecular flexibility index (Phi) is 4.97. The highest BCUT2D eigenvalue weighted by Gasteiger charge is 2.09. The molecule has 0 unspecified atom stereocenters. The van der Waals surface area contributed by atoms with Crippen LogP contribution in [-0.2, 0) is 6.54 Å². The van der Waals surface area contributed by atoms with E-state index in [1.54, 1.807) is 13.2 Å². The van der Waals surface area contributed by atoms with Crippen LogP contribution in [0.3, 0.4) is 0 Å². The molecule has 19 heavy (non-hydrogen) atoms. The van der Waals surface area contributed by atoms with Gasteiger partial charge in [-0.05, 0) is 45.8 Å². The monoisotopic (exact) mass is 359 g/mol. The van der Waals surface area contributed by atoms with E-state index in [-0.39, 0.29) is 0 Å². The summed E-state index contributed by atoms with van der Waals surface area (Å²) in [5, 5.41) is 4.65. The van der Waals surface area contributed by atoms with Crippen molar-refractivity contribution in [3.05, 3.63) is 56.5 Å². The maximum atomic E-state index is 6.04. The Hall–Kier alpha value is -0.900. The van der Waals surface area contributed by atoms with Crippen LogP contribution >= 0.6 is 39.1 Å². The first-order valence-electron chi connectivity index (χ1n) is 5.61. The normalized spacial score (nSPS) is 10.3. The van der Waals surface area contributed by atoms with E-state index in [2.05, 4.69) is 21.2 Å². The molecular weight excluding hydrogens is 349 g/mol. The van der Waals surface area contributed by atoms with E-state index in [0.29, 0.717) is 11.6 Å². The molecule has 0 spiro atoms. The number of rotatable bonds is 4. The summed E-state index contributed by atoms with van der Waals surface area (Å²) in [6.45, 7) is 0.643. The van der Waals surface area contributed by atoms with Gasteiger partial charge in [-0.15, -0.1) is 0 Å². The third kappa shape index (κ3) is 3.78. The average molecular weight is 361 g/mol. The summed E-state index contributed by atoms with van der Waals surface area (Å²) in [6.07, 6.45) is 0. The Balaban J connectivity index is 2.19. The van der Waals surface area contributed by atoms with E-state index in [4.69, 9.17) is 27.9 Å². The van der Waals surface area contributed by atoms with Crippen molar-refractivity contribution in [2.45, 2.75) is 6.54 Å². The van der Waals surface area contributed by atoms with Gasteiger partial charge < -0.3 is 10.1 Å². The number of hydrogen-bond donors (Lipinski definition) is 1. The van der Waals surface area contributed by atoms with Gasteiger partial charge >= 0.3 is 0 Å². The Labute approximate surface area is 130 Å². The van der Waals surface area contributed by atoms with Crippen molar-refractivity contribution >= 4 is 44.8 Å². The van der Waals surface area contributed by atoms with Gasteiger partial charge in [0.15, 0.2) is 5.75 Å². The van der Waals surface area contributed by atoms with E-state index < -0.39 is 0 Å². The predicted molar refractivity (Wildman–Crippen MR) is 84.5 cm³/mol. The zero-order valence-electron chi connectivity index (χ0n) is 10.2. The van der Waals surface area contributed by atoms with Crippen LogP contribution in [-0.4, -0.2) is 7.11 Å². The van der Waals surface area contributed by atoms with Gasteiger partial charge in [0, 0.05) is 16.6 Å². The second kappa shape index (κ2) is 6.51. The first-order chi connectivity index (χ1) is 9.10. The largest absolute Gasteiger partial charge is 0.493 e. The van der Waals surface area contributed by atoms with Gasteiger partial charge in [-0.3, -0.25) is 0 Å². The summed E-state index contributed by atoms with van der Waals surface area (Å²) in [5.41, 5.74) is 1.92. The van der Waals surface area contributed by atoms with Gasteiger partial charge in [0.2, 0.25) is 0 Å². The summed E-state index contributed by atoms with van der Waals surface area (Å²) in [6, 6.07) is 11.3. The van der Waals surface area contributed by atoms with Gasteiger partial charge in [-0.2, -0.15) is 0 Å². The van der Waals surface area contributed by atoms with Crippen molar-refractivity contribution < 1.29 is 4.74 Å². The Morgan fingerprint density at radius 3 is 2.63 bits per heavy atom. The number of hydrogen-bond acceptors (Lipinski definition) is 2. The molecule has 0 heterocycles. The second-order valence-electron chi connectivity index (χ2n) is 3.95. The minimum absolute atomic E-state index is 0.640. The molecule has 2 aromatic rings. The number of methoxy groups -OCH3 is 1. The van der Waals surface area contributed by atoms with Crippen LogP contribution in [0, 0.1) is 0 Å². The second-order valence-corrected chi connectivity index (χ2v) is 5.68. The Morgan fingerprint density at radius 1 is 1.16 bits per heavy atom. The lowest BCUT2D eigenvalue weighted by Crippen LogP contribution is -2.01. The lowest BCUT2D eigenvalue weighted by Gasteiger charge is -2.13. The number of ether oxygens (including phenoxy) is 1. The number of anilines is 1. The van der Waals surface area contributed by atoms with Crippen LogP contribution in [0.25, 0.3) is 0 Å². The molecule has 0 aliphatic rings. The molecule has 0 saturated carbocycles.